The summed E-state index contributed by atoms with van der Waals surface area (Å²) >= 11 is 6.15. The molecule has 3 rings (SSSR count). The van der Waals surface area contributed by atoms with Crippen molar-refractivity contribution in [2.24, 2.45) is 0 Å². The maximum atomic E-state index is 12.5. The van der Waals surface area contributed by atoms with Gasteiger partial charge >= 0.3 is 5.97 Å². The predicted octanol–water partition coefficient (Wildman–Crippen LogP) is 3.10. The summed E-state index contributed by atoms with van der Waals surface area (Å²) in [6.07, 6.45) is 6.35. The molecule has 1 amide bonds. The Labute approximate surface area is 150 Å². The molecule has 1 aliphatic carbocycles. The average molecular weight is 362 g/mol. The van der Waals surface area contributed by atoms with E-state index in [0.29, 0.717) is 30.0 Å². The number of carbonyl (C=O) groups is 2. The third-order valence-electron chi connectivity index (χ3n) is 4.61. The maximum absolute atomic E-state index is 12.5. The minimum absolute atomic E-state index is 0.0491. The number of carboxylic acid groups (broad SMARTS) is 1. The molecule has 0 aliphatic heterocycles. The van der Waals surface area contributed by atoms with Crippen molar-refractivity contribution in [2.45, 2.75) is 44.2 Å². The molecule has 1 saturated carbocycles. The largest absolute Gasteiger partial charge is 0.481 e. The maximum Gasteiger partial charge on any atom is 0.305 e. The Morgan fingerprint density at radius 1 is 1.28 bits per heavy atom. The van der Waals surface area contributed by atoms with Crippen molar-refractivity contribution in [2.75, 3.05) is 0 Å². The van der Waals surface area contributed by atoms with Crippen molar-refractivity contribution in [3.8, 4) is 0 Å². The molecule has 1 aromatic carbocycles. The normalized spacial score (nSPS) is 15.9. The lowest BCUT2D eigenvalue weighted by Crippen LogP contribution is -2.47. The zero-order valence-electron chi connectivity index (χ0n) is 13.7. The Hall–Kier alpha value is -2.34. The molecule has 1 fully saturated rings. The molecule has 1 aromatic heterocycles. The standard InChI is InChI=1S/C18H20ClN3O3/c19-15-6-2-1-5-13(15)11-22-12-14(10-20-22)17(25)21-18(9-16(23)24)7-3-4-8-18/h1-2,5-6,10,12H,3-4,7-9,11H2,(H,21,25)(H,23,24). The molecule has 7 heteroatoms. The molecule has 1 aliphatic rings. The van der Waals surface area contributed by atoms with Gasteiger partial charge in [0.05, 0.1) is 30.3 Å². The van der Waals surface area contributed by atoms with Crippen molar-refractivity contribution >= 4 is 23.5 Å². The fraction of sp³-hybridized carbons (Fsp3) is 0.389. The summed E-state index contributed by atoms with van der Waals surface area (Å²) in [6, 6.07) is 7.47. The Morgan fingerprint density at radius 2 is 2.00 bits per heavy atom. The van der Waals surface area contributed by atoms with E-state index in [2.05, 4.69) is 10.4 Å². The number of carbonyl (C=O) groups excluding carboxylic acids is 1. The van der Waals surface area contributed by atoms with Gasteiger partial charge in [-0.2, -0.15) is 5.10 Å². The molecule has 25 heavy (non-hydrogen) atoms. The van der Waals surface area contributed by atoms with Crippen molar-refractivity contribution < 1.29 is 14.7 Å². The lowest BCUT2D eigenvalue weighted by Gasteiger charge is -2.28. The summed E-state index contributed by atoms with van der Waals surface area (Å²) in [7, 11) is 0. The van der Waals surface area contributed by atoms with E-state index in [1.54, 1.807) is 10.9 Å². The third kappa shape index (κ3) is 4.20. The Kier molecular flexibility index (Phi) is 5.08. The lowest BCUT2D eigenvalue weighted by atomic mass is 9.93. The minimum Gasteiger partial charge on any atom is -0.481 e. The zero-order valence-corrected chi connectivity index (χ0v) is 14.5. The first-order valence-electron chi connectivity index (χ1n) is 8.28. The number of amides is 1. The number of aromatic nitrogens is 2. The smallest absolute Gasteiger partial charge is 0.305 e. The Morgan fingerprint density at radius 3 is 2.68 bits per heavy atom. The second-order valence-corrected chi connectivity index (χ2v) is 6.94. The number of nitrogens with one attached hydrogen (secondary N) is 1. The van der Waals surface area contributed by atoms with E-state index >= 15 is 0 Å². The van der Waals surface area contributed by atoms with Gasteiger partial charge in [0, 0.05) is 11.2 Å². The molecule has 0 saturated heterocycles. The van der Waals surface area contributed by atoms with Gasteiger partial charge in [-0.15, -0.1) is 0 Å². The molecule has 0 spiro atoms. The minimum atomic E-state index is -0.892. The van der Waals surface area contributed by atoms with Crippen molar-refractivity contribution in [1.29, 1.82) is 0 Å². The van der Waals surface area contributed by atoms with E-state index in [-0.39, 0.29) is 12.3 Å². The SMILES string of the molecule is O=C(O)CC1(NC(=O)c2cnn(Cc3ccccc3Cl)c2)CCCC1. The van der Waals surface area contributed by atoms with Crippen LogP contribution in [0.2, 0.25) is 5.02 Å². The zero-order chi connectivity index (χ0) is 17.9. The van der Waals surface area contributed by atoms with Crippen molar-refractivity contribution in [3.63, 3.8) is 0 Å². The number of halogens is 1. The van der Waals surface area contributed by atoms with Gasteiger partial charge < -0.3 is 10.4 Å². The quantitative estimate of drug-likeness (QED) is 0.828. The third-order valence-corrected chi connectivity index (χ3v) is 4.98. The van der Waals surface area contributed by atoms with Crippen LogP contribution in [0.3, 0.4) is 0 Å². The first-order chi connectivity index (χ1) is 12.0. The van der Waals surface area contributed by atoms with Crippen LogP contribution in [0.15, 0.2) is 36.7 Å². The van der Waals surface area contributed by atoms with Crippen LogP contribution in [0, 0.1) is 0 Å². The number of rotatable bonds is 6. The molecular weight excluding hydrogens is 342 g/mol. The molecule has 0 radical (unpaired) electrons. The van der Waals surface area contributed by atoms with Crippen molar-refractivity contribution in [1.82, 2.24) is 15.1 Å². The highest BCUT2D eigenvalue weighted by Gasteiger charge is 2.37. The monoisotopic (exact) mass is 361 g/mol. The van der Waals surface area contributed by atoms with Crippen LogP contribution in [0.5, 0.6) is 0 Å². The number of nitrogens with zero attached hydrogens (tertiary/aromatic N) is 2. The molecule has 2 aromatic rings. The summed E-state index contributed by atoms with van der Waals surface area (Å²) < 4.78 is 1.65. The molecule has 6 nitrogen and oxygen atoms in total. The van der Waals surface area contributed by atoms with Gasteiger partial charge in [0.2, 0.25) is 0 Å². The van der Waals surface area contributed by atoms with Crippen LogP contribution >= 0.6 is 11.6 Å². The van der Waals surface area contributed by atoms with Gasteiger partial charge in [0.25, 0.3) is 5.91 Å². The molecule has 2 N–H and O–H groups in total. The van der Waals surface area contributed by atoms with Gasteiger partial charge in [-0.25, -0.2) is 0 Å². The summed E-state index contributed by atoms with van der Waals surface area (Å²) in [5.41, 5.74) is 0.689. The first kappa shape index (κ1) is 17.5. The summed E-state index contributed by atoms with van der Waals surface area (Å²) in [4.78, 5) is 23.7. The second-order valence-electron chi connectivity index (χ2n) is 6.53. The van der Waals surface area contributed by atoms with E-state index in [1.165, 1.54) is 6.20 Å². The molecule has 0 unspecified atom stereocenters. The van der Waals surface area contributed by atoms with Gasteiger partial charge in [0.15, 0.2) is 0 Å². The van der Waals surface area contributed by atoms with Gasteiger partial charge in [-0.3, -0.25) is 14.3 Å². The fourth-order valence-electron chi connectivity index (χ4n) is 3.37. The van der Waals surface area contributed by atoms with E-state index in [1.807, 2.05) is 24.3 Å². The molecular formula is C18H20ClN3O3. The second kappa shape index (κ2) is 7.27. The summed E-state index contributed by atoms with van der Waals surface area (Å²) in [5, 5.41) is 16.9. The molecule has 0 bridgehead atoms. The topological polar surface area (TPSA) is 84.2 Å². The van der Waals surface area contributed by atoms with Crippen LogP contribution < -0.4 is 5.32 Å². The first-order valence-corrected chi connectivity index (χ1v) is 8.65. The van der Waals surface area contributed by atoms with Gasteiger partial charge in [-0.1, -0.05) is 42.6 Å². The highest BCUT2D eigenvalue weighted by atomic mass is 35.5. The average Bonchev–Trinajstić information content (AvgIpc) is 3.19. The van der Waals surface area contributed by atoms with E-state index in [4.69, 9.17) is 16.7 Å². The van der Waals surface area contributed by atoms with Crippen LogP contribution in [0.25, 0.3) is 0 Å². The van der Waals surface area contributed by atoms with Gasteiger partial charge in [-0.05, 0) is 24.5 Å². The van der Waals surface area contributed by atoms with E-state index < -0.39 is 11.5 Å². The van der Waals surface area contributed by atoms with Crippen LogP contribution in [-0.4, -0.2) is 32.3 Å². The fourth-order valence-corrected chi connectivity index (χ4v) is 3.56. The van der Waals surface area contributed by atoms with E-state index in [9.17, 15) is 9.59 Å². The number of carboxylic acids is 1. The highest BCUT2D eigenvalue weighted by molar-refractivity contribution is 6.31. The highest BCUT2D eigenvalue weighted by Crippen LogP contribution is 2.33. The van der Waals surface area contributed by atoms with E-state index in [0.717, 1.165) is 18.4 Å². The molecule has 1 heterocycles. The lowest BCUT2D eigenvalue weighted by molar-refractivity contribution is -0.138. The number of benzene rings is 1. The predicted molar refractivity (Wildman–Crippen MR) is 93.7 cm³/mol. The summed E-state index contributed by atoms with van der Waals surface area (Å²) in [5.74, 6) is -1.18. The Balaban J connectivity index is 1.70. The number of hydrogen-bond donors (Lipinski definition) is 2. The van der Waals surface area contributed by atoms with Crippen LogP contribution in [0.1, 0.15) is 48.0 Å². The number of aliphatic carboxylic acids is 1. The molecule has 132 valence electrons. The number of hydrogen-bond acceptors (Lipinski definition) is 3. The van der Waals surface area contributed by atoms with Crippen LogP contribution in [-0.2, 0) is 11.3 Å². The molecule has 0 atom stereocenters. The van der Waals surface area contributed by atoms with Crippen molar-refractivity contribution in [3.05, 3.63) is 52.8 Å². The van der Waals surface area contributed by atoms with Gasteiger partial charge in [0.1, 0.15) is 0 Å². The van der Waals surface area contributed by atoms with Crippen LogP contribution in [0.4, 0.5) is 0 Å². The Bertz CT molecular complexity index is 781. The summed E-state index contributed by atoms with van der Waals surface area (Å²) in [6.45, 7) is 0.465.